The van der Waals surface area contributed by atoms with E-state index in [1.807, 2.05) is 6.07 Å². The average molecular weight is 339 g/mol. The Hall–Kier alpha value is -1.66. The first-order valence-corrected chi connectivity index (χ1v) is 6.64. The summed E-state index contributed by atoms with van der Waals surface area (Å²) < 4.78 is 5.93. The zero-order chi connectivity index (χ0) is 14.0. The van der Waals surface area contributed by atoms with Crippen LogP contribution >= 0.6 is 28.1 Å². The van der Waals surface area contributed by atoms with Crippen LogP contribution in [0.15, 0.2) is 39.4 Å². The molecule has 0 saturated carbocycles. The molecule has 0 aliphatic rings. The van der Waals surface area contributed by atoms with Crippen LogP contribution in [-0.2, 0) is 0 Å². The van der Waals surface area contributed by atoms with Gasteiger partial charge in [-0.05, 0) is 31.2 Å². The Morgan fingerprint density at radius 1 is 1.37 bits per heavy atom. The van der Waals surface area contributed by atoms with E-state index in [0.29, 0.717) is 22.6 Å². The number of nitrogens with one attached hydrogen (secondary N) is 1. The van der Waals surface area contributed by atoms with E-state index in [-0.39, 0.29) is 10.9 Å². The van der Waals surface area contributed by atoms with Crippen LogP contribution in [0.1, 0.15) is 21.7 Å². The number of furan rings is 1. The second-order valence-corrected chi connectivity index (χ2v) is 5.25. The van der Waals surface area contributed by atoms with E-state index in [0.717, 1.165) is 4.47 Å². The molecule has 0 aliphatic heterocycles. The quantitative estimate of drug-likeness (QED) is 0.843. The van der Waals surface area contributed by atoms with Crippen LogP contribution < -0.4 is 11.1 Å². The molecule has 0 atom stereocenters. The van der Waals surface area contributed by atoms with Crippen molar-refractivity contribution in [1.82, 2.24) is 0 Å². The van der Waals surface area contributed by atoms with E-state index in [4.69, 9.17) is 22.4 Å². The highest BCUT2D eigenvalue weighted by Crippen LogP contribution is 2.22. The average Bonchev–Trinajstić information content (AvgIpc) is 2.75. The van der Waals surface area contributed by atoms with Gasteiger partial charge in [0.15, 0.2) is 0 Å². The Balaban J connectivity index is 2.33. The predicted octanol–water partition coefficient (Wildman–Crippen LogP) is 3.24. The van der Waals surface area contributed by atoms with E-state index in [1.54, 1.807) is 25.1 Å². The molecule has 0 unspecified atom stereocenters. The Morgan fingerprint density at radius 2 is 2.11 bits per heavy atom. The molecule has 4 nitrogen and oxygen atoms in total. The molecule has 0 radical (unpaired) electrons. The van der Waals surface area contributed by atoms with Gasteiger partial charge in [0.2, 0.25) is 0 Å². The summed E-state index contributed by atoms with van der Waals surface area (Å²) >= 11 is 8.31. The molecule has 1 aromatic carbocycles. The van der Waals surface area contributed by atoms with Gasteiger partial charge in [0, 0.05) is 10.0 Å². The monoisotopic (exact) mass is 338 g/mol. The molecule has 2 rings (SSSR count). The lowest BCUT2D eigenvalue weighted by Crippen LogP contribution is -2.17. The van der Waals surface area contributed by atoms with Gasteiger partial charge in [-0.15, -0.1) is 0 Å². The largest absolute Gasteiger partial charge is 0.469 e. The summed E-state index contributed by atoms with van der Waals surface area (Å²) in [6.07, 6.45) is 1.47. The van der Waals surface area contributed by atoms with Gasteiger partial charge in [-0.2, -0.15) is 0 Å². The predicted molar refractivity (Wildman–Crippen MR) is 81.4 cm³/mol. The summed E-state index contributed by atoms with van der Waals surface area (Å²) in [4.78, 5) is 12.3. The van der Waals surface area contributed by atoms with Gasteiger partial charge in [-0.1, -0.05) is 28.1 Å². The summed E-state index contributed by atoms with van der Waals surface area (Å²) in [6.45, 7) is 1.73. The van der Waals surface area contributed by atoms with E-state index in [9.17, 15) is 4.79 Å². The Kier molecular flexibility index (Phi) is 4.01. The highest BCUT2D eigenvalue weighted by atomic mass is 79.9. The number of hydrogen-bond donors (Lipinski definition) is 2. The fourth-order valence-corrected chi connectivity index (χ4v) is 2.18. The Morgan fingerprint density at radius 3 is 2.68 bits per heavy atom. The normalized spacial score (nSPS) is 10.2. The van der Waals surface area contributed by atoms with Crippen LogP contribution in [0, 0.1) is 6.92 Å². The van der Waals surface area contributed by atoms with Crippen LogP contribution in [0.5, 0.6) is 0 Å². The van der Waals surface area contributed by atoms with E-state index in [2.05, 4.69) is 21.2 Å². The molecule has 3 N–H and O–H groups in total. The topological polar surface area (TPSA) is 68.3 Å². The van der Waals surface area contributed by atoms with Gasteiger partial charge in [0.05, 0.1) is 17.5 Å². The zero-order valence-corrected chi connectivity index (χ0v) is 12.5. The van der Waals surface area contributed by atoms with Gasteiger partial charge in [0.1, 0.15) is 10.7 Å². The first-order valence-electron chi connectivity index (χ1n) is 5.44. The molecule has 1 heterocycles. The van der Waals surface area contributed by atoms with Crippen LogP contribution in [0.3, 0.4) is 0 Å². The molecule has 6 heteroatoms. The van der Waals surface area contributed by atoms with Crippen molar-refractivity contribution in [3.05, 3.63) is 51.9 Å². The van der Waals surface area contributed by atoms with Crippen molar-refractivity contribution in [1.29, 1.82) is 0 Å². The van der Waals surface area contributed by atoms with Crippen LogP contribution in [-0.4, -0.2) is 10.9 Å². The number of benzene rings is 1. The Labute approximate surface area is 124 Å². The number of carbonyl (C=O) groups excluding carboxylic acids is 1. The molecule has 0 fully saturated rings. The minimum absolute atomic E-state index is 0.228. The van der Waals surface area contributed by atoms with Crippen LogP contribution in [0.25, 0.3) is 0 Å². The fourth-order valence-electron chi connectivity index (χ4n) is 1.64. The third kappa shape index (κ3) is 3.02. The van der Waals surface area contributed by atoms with Crippen LogP contribution in [0.2, 0.25) is 0 Å². The summed E-state index contributed by atoms with van der Waals surface area (Å²) in [5.74, 6) is 0.297. The van der Waals surface area contributed by atoms with E-state index >= 15 is 0 Å². The number of nitrogens with two attached hydrogens (primary N) is 1. The lowest BCUT2D eigenvalue weighted by molar-refractivity contribution is 0.102. The molecule has 0 spiro atoms. The van der Waals surface area contributed by atoms with Crippen molar-refractivity contribution in [2.75, 3.05) is 5.32 Å². The number of thiocarbonyl (C=S) groups is 1. The third-order valence-electron chi connectivity index (χ3n) is 2.60. The van der Waals surface area contributed by atoms with Crippen molar-refractivity contribution in [2.45, 2.75) is 6.92 Å². The van der Waals surface area contributed by atoms with Crippen molar-refractivity contribution in [2.24, 2.45) is 5.73 Å². The number of amides is 1. The van der Waals surface area contributed by atoms with Crippen molar-refractivity contribution < 1.29 is 9.21 Å². The summed E-state index contributed by atoms with van der Waals surface area (Å²) in [6, 6.07) is 6.93. The molecule has 1 amide bonds. The second kappa shape index (κ2) is 5.54. The number of hydrogen-bond acceptors (Lipinski definition) is 3. The number of rotatable bonds is 3. The van der Waals surface area contributed by atoms with E-state index in [1.165, 1.54) is 6.26 Å². The van der Waals surface area contributed by atoms with E-state index < -0.39 is 0 Å². The number of aryl methyl sites for hydroxylation is 1. The maximum absolute atomic E-state index is 12.1. The molecular weight excluding hydrogens is 328 g/mol. The standard InChI is InChI=1S/C13H11BrN2O2S/c1-7-9(4-5-18-7)13(17)16-11-6-8(14)2-3-10(11)12(15)19/h2-6H,1H3,(H2,15,19)(H,16,17). The van der Waals surface area contributed by atoms with Gasteiger partial charge in [-0.25, -0.2) is 0 Å². The number of anilines is 1. The molecule has 1 aromatic heterocycles. The van der Waals surface area contributed by atoms with Crippen LogP contribution in [0.4, 0.5) is 5.69 Å². The fraction of sp³-hybridized carbons (Fsp3) is 0.0769. The summed E-state index contributed by atoms with van der Waals surface area (Å²) in [5.41, 5.74) is 7.30. The maximum atomic E-state index is 12.1. The van der Waals surface area contributed by atoms with Gasteiger partial charge in [-0.3, -0.25) is 4.79 Å². The highest BCUT2D eigenvalue weighted by molar-refractivity contribution is 9.10. The van der Waals surface area contributed by atoms with Gasteiger partial charge in [0.25, 0.3) is 5.91 Å². The lowest BCUT2D eigenvalue weighted by atomic mass is 10.1. The van der Waals surface area contributed by atoms with Crippen molar-refractivity contribution >= 4 is 44.7 Å². The first-order chi connectivity index (χ1) is 8.99. The molecule has 0 aliphatic carbocycles. The molecular formula is C13H11BrN2O2S. The number of carbonyl (C=O) groups is 1. The summed E-state index contributed by atoms with van der Waals surface area (Å²) in [7, 11) is 0. The van der Waals surface area contributed by atoms with Crippen molar-refractivity contribution in [3.8, 4) is 0 Å². The molecule has 98 valence electrons. The zero-order valence-electron chi connectivity index (χ0n) is 10.1. The maximum Gasteiger partial charge on any atom is 0.259 e. The highest BCUT2D eigenvalue weighted by Gasteiger charge is 2.14. The first kappa shape index (κ1) is 13.8. The third-order valence-corrected chi connectivity index (χ3v) is 3.31. The molecule has 2 aromatic rings. The smallest absolute Gasteiger partial charge is 0.259 e. The minimum Gasteiger partial charge on any atom is -0.469 e. The Bertz CT molecular complexity index is 652. The SMILES string of the molecule is Cc1occc1C(=O)Nc1cc(Br)ccc1C(N)=S. The second-order valence-electron chi connectivity index (χ2n) is 3.90. The molecule has 0 saturated heterocycles. The van der Waals surface area contributed by atoms with Gasteiger partial charge < -0.3 is 15.5 Å². The van der Waals surface area contributed by atoms with Gasteiger partial charge >= 0.3 is 0 Å². The lowest BCUT2D eigenvalue weighted by Gasteiger charge is -2.10. The van der Waals surface area contributed by atoms with Crippen molar-refractivity contribution in [3.63, 3.8) is 0 Å². The molecule has 19 heavy (non-hydrogen) atoms. The minimum atomic E-state index is -0.262. The number of halogens is 1. The summed E-state index contributed by atoms with van der Waals surface area (Å²) in [5, 5.41) is 2.78. The molecule has 0 bridgehead atoms.